The highest BCUT2D eigenvalue weighted by molar-refractivity contribution is 7.92. The lowest BCUT2D eigenvalue weighted by atomic mass is 10.2. The summed E-state index contributed by atoms with van der Waals surface area (Å²) in [6, 6.07) is 19.7. The Bertz CT molecular complexity index is 1310. The van der Waals surface area contributed by atoms with E-state index in [1.54, 1.807) is 60.7 Å². The first-order valence-corrected chi connectivity index (χ1v) is 13.3. The van der Waals surface area contributed by atoms with Crippen LogP contribution in [-0.4, -0.2) is 47.4 Å². The van der Waals surface area contributed by atoms with Gasteiger partial charge in [-0.25, -0.2) is 13.8 Å². The van der Waals surface area contributed by atoms with Crippen molar-refractivity contribution < 1.29 is 27.4 Å². The molecule has 1 N–H and O–H groups in total. The lowest BCUT2D eigenvalue weighted by molar-refractivity contribution is -0.119. The Morgan fingerprint density at radius 3 is 2.46 bits per heavy atom. The number of rotatable bonds is 13. The summed E-state index contributed by atoms with van der Waals surface area (Å²) >= 11 is 0. The molecule has 3 rings (SSSR count). The van der Waals surface area contributed by atoms with Gasteiger partial charge in [0, 0.05) is 6.07 Å². The summed E-state index contributed by atoms with van der Waals surface area (Å²) in [6.45, 7) is 4.44. The third-order valence-corrected chi connectivity index (χ3v) is 6.88. The van der Waals surface area contributed by atoms with Gasteiger partial charge in [0.2, 0.25) is 0 Å². The summed E-state index contributed by atoms with van der Waals surface area (Å²) in [5, 5.41) is 4.00. The number of carbonyl (C=O) groups excluding carboxylic acids is 1. The molecule has 0 aliphatic heterocycles. The summed E-state index contributed by atoms with van der Waals surface area (Å²) < 4.78 is 44.4. The van der Waals surface area contributed by atoms with E-state index in [0.717, 1.165) is 10.7 Å². The molecule has 0 saturated carbocycles. The smallest absolute Gasteiger partial charge is 0.264 e. The molecule has 0 fully saturated rings. The van der Waals surface area contributed by atoms with Gasteiger partial charge in [-0.15, -0.1) is 0 Å². The number of hydrazone groups is 1. The van der Waals surface area contributed by atoms with Gasteiger partial charge in [-0.2, -0.15) is 5.10 Å². The zero-order valence-electron chi connectivity index (χ0n) is 21.1. The Kier molecular flexibility index (Phi) is 9.91. The van der Waals surface area contributed by atoms with Crippen molar-refractivity contribution in [2.75, 3.05) is 31.2 Å². The van der Waals surface area contributed by atoms with E-state index in [9.17, 15) is 13.2 Å². The number of amides is 1. The van der Waals surface area contributed by atoms with Gasteiger partial charge < -0.3 is 14.2 Å². The third kappa shape index (κ3) is 7.47. The minimum Gasteiger partial charge on any atom is -0.497 e. The van der Waals surface area contributed by atoms with Crippen LogP contribution in [0.2, 0.25) is 0 Å². The average Bonchev–Trinajstić information content (AvgIpc) is 2.92. The molecule has 3 aromatic carbocycles. The first kappa shape index (κ1) is 27.5. The molecule has 0 aliphatic carbocycles. The van der Waals surface area contributed by atoms with Gasteiger partial charge in [-0.1, -0.05) is 31.2 Å². The van der Waals surface area contributed by atoms with E-state index in [-0.39, 0.29) is 10.6 Å². The van der Waals surface area contributed by atoms with Crippen LogP contribution < -0.4 is 23.9 Å². The second kappa shape index (κ2) is 13.3. The second-order valence-corrected chi connectivity index (χ2v) is 9.67. The molecule has 0 atom stereocenters. The van der Waals surface area contributed by atoms with Crippen molar-refractivity contribution in [3.05, 3.63) is 78.4 Å². The van der Waals surface area contributed by atoms with Crippen LogP contribution in [0.4, 0.5) is 5.69 Å². The minimum absolute atomic E-state index is 0.0583. The zero-order chi connectivity index (χ0) is 26.7. The summed E-state index contributed by atoms with van der Waals surface area (Å²) in [7, 11) is -2.56. The maximum Gasteiger partial charge on any atom is 0.264 e. The van der Waals surface area contributed by atoms with Crippen molar-refractivity contribution in [1.29, 1.82) is 0 Å². The van der Waals surface area contributed by atoms with Gasteiger partial charge in [0.25, 0.3) is 15.9 Å². The Balaban J connectivity index is 1.79. The van der Waals surface area contributed by atoms with Gasteiger partial charge in [-0.3, -0.25) is 9.10 Å². The van der Waals surface area contributed by atoms with E-state index in [1.807, 2.05) is 13.8 Å². The molecule has 0 saturated heterocycles. The van der Waals surface area contributed by atoms with Crippen molar-refractivity contribution in [2.45, 2.75) is 25.2 Å². The monoisotopic (exact) mass is 525 g/mol. The summed E-state index contributed by atoms with van der Waals surface area (Å²) in [4.78, 5) is 12.8. The van der Waals surface area contributed by atoms with Crippen LogP contribution in [0.1, 0.15) is 25.8 Å². The van der Waals surface area contributed by atoms with Crippen molar-refractivity contribution in [3.8, 4) is 17.2 Å². The van der Waals surface area contributed by atoms with Crippen molar-refractivity contribution in [3.63, 3.8) is 0 Å². The summed E-state index contributed by atoms with van der Waals surface area (Å²) in [5.74, 6) is 1.04. The maximum absolute atomic E-state index is 13.4. The highest BCUT2D eigenvalue weighted by Gasteiger charge is 2.27. The zero-order valence-corrected chi connectivity index (χ0v) is 21.9. The van der Waals surface area contributed by atoms with Crippen LogP contribution in [0.15, 0.2) is 82.8 Å². The fourth-order valence-corrected chi connectivity index (χ4v) is 4.78. The average molecular weight is 526 g/mol. The predicted octanol–water partition coefficient (Wildman–Crippen LogP) is 4.23. The van der Waals surface area contributed by atoms with Crippen molar-refractivity contribution in [2.24, 2.45) is 5.10 Å². The van der Waals surface area contributed by atoms with E-state index in [0.29, 0.717) is 36.0 Å². The number of sulfonamides is 1. The van der Waals surface area contributed by atoms with Crippen LogP contribution >= 0.6 is 0 Å². The highest BCUT2D eigenvalue weighted by atomic mass is 32.2. The quantitative estimate of drug-likeness (QED) is 0.264. The number of anilines is 1. The Labute approximate surface area is 217 Å². The highest BCUT2D eigenvalue weighted by Crippen LogP contribution is 2.29. The second-order valence-electron chi connectivity index (χ2n) is 7.81. The molecule has 37 heavy (non-hydrogen) atoms. The molecule has 10 heteroatoms. The fourth-order valence-electron chi connectivity index (χ4n) is 3.35. The van der Waals surface area contributed by atoms with E-state index < -0.39 is 22.5 Å². The van der Waals surface area contributed by atoms with Crippen LogP contribution in [0.5, 0.6) is 17.2 Å². The molecular formula is C27H31N3O6S. The SMILES string of the molecule is CCCOc1ccc(/C=N/NC(=O)CN(c2cccc(OC)c2)S(=O)(=O)c2ccccc2)cc1OCC. The molecule has 0 aromatic heterocycles. The number of nitrogens with one attached hydrogen (secondary N) is 1. The topological polar surface area (TPSA) is 107 Å². The molecular weight excluding hydrogens is 494 g/mol. The Morgan fingerprint density at radius 1 is 0.973 bits per heavy atom. The van der Waals surface area contributed by atoms with Gasteiger partial charge >= 0.3 is 0 Å². The lowest BCUT2D eigenvalue weighted by Gasteiger charge is -2.24. The van der Waals surface area contributed by atoms with Gasteiger partial charge in [0.05, 0.1) is 37.1 Å². The Hall–Kier alpha value is -4.05. The first-order valence-electron chi connectivity index (χ1n) is 11.8. The normalized spacial score (nSPS) is 11.2. The lowest BCUT2D eigenvalue weighted by Crippen LogP contribution is -2.39. The molecule has 0 aliphatic rings. The molecule has 3 aromatic rings. The van der Waals surface area contributed by atoms with E-state index in [2.05, 4.69) is 10.5 Å². The van der Waals surface area contributed by atoms with Crippen LogP contribution in [0, 0.1) is 0 Å². The van der Waals surface area contributed by atoms with Gasteiger partial charge in [0.1, 0.15) is 12.3 Å². The predicted molar refractivity (Wildman–Crippen MR) is 143 cm³/mol. The summed E-state index contributed by atoms with van der Waals surface area (Å²) in [5.41, 5.74) is 3.36. The maximum atomic E-state index is 13.4. The molecule has 0 bridgehead atoms. The number of nitrogens with zero attached hydrogens (tertiary/aromatic N) is 2. The summed E-state index contributed by atoms with van der Waals surface area (Å²) in [6.07, 6.45) is 2.32. The number of hydrogen-bond acceptors (Lipinski definition) is 7. The standard InChI is InChI=1S/C27H31N3O6S/c1-4-16-36-25-15-14-21(17-26(25)35-5-2)19-28-29-27(31)20-30(22-10-9-11-23(18-22)34-3)37(32,33)24-12-7-6-8-13-24/h6-15,17-19H,4-5,16,20H2,1-3H3,(H,29,31)/b28-19+. The Morgan fingerprint density at radius 2 is 1.76 bits per heavy atom. The number of ether oxygens (including phenoxy) is 3. The molecule has 196 valence electrons. The van der Waals surface area contributed by atoms with Crippen molar-refractivity contribution in [1.82, 2.24) is 5.43 Å². The number of hydrogen-bond donors (Lipinski definition) is 1. The molecule has 0 unspecified atom stereocenters. The molecule has 9 nitrogen and oxygen atoms in total. The first-order chi connectivity index (χ1) is 17.9. The number of methoxy groups -OCH3 is 1. The molecule has 0 heterocycles. The number of benzene rings is 3. The van der Waals surface area contributed by atoms with Gasteiger partial charge in [-0.05, 0) is 61.4 Å². The van der Waals surface area contributed by atoms with E-state index >= 15 is 0 Å². The fraction of sp³-hybridized carbons (Fsp3) is 0.259. The van der Waals surface area contributed by atoms with Crippen LogP contribution in [-0.2, 0) is 14.8 Å². The molecule has 0 radical (unpaired) electrons. The van der Waals surface area contributed by atoms with Crippen molar-refractivity contribution >= 4 is 27.8 Å². The van der Waals surface area contributed by atoms with Crippen LogP contribution in [0.3, 0.4) is 0 Å². The minimum atomic E-state index is -4.04. The molecule has 1 amide bonds. The van der Waals surface area contributed by atoms with Gasteiger partial charge in [0.15, 0.2) is 11.5 Å². The largest absolute Gasteiger partial charge is 0.497 e. The molecule has 0 spiro atoms. The van der Waals surface area contributed by atoms with Crippen LogP contribution in [0.25, 0.3) is 0 Å². The van der Waals surface area contributed by atoms with E-state index in [1.165, 1.54) is 25.5 Å². The third-order valence-electron chi connectivity index (χ3n) is 5.09. The number of carbonyl (C=O) groups is 1. The van der Waals surface area contributed by atoms with E-state index in [4.69, 9.17) is 14.2 Å².